The fraction of sp³-hybridized carbons (Fsp3) is 0. The Hall–Kier alpha value is 0.980. The fourth-order valence-corrected chi connectivity index (χ4v) is 0. The molecule has 0 bridgehead atoms. The molecule has 0 heterocycles. The lowest BCUT2D eigenvalue weighted by atomic mass is 11.2. The molecule has 0 rings (SSSR count). The van der Waals surface area contributed by atoms with Crippen LogP contribution < -0.4 is 0 Å². The van der Waals surface area contributed by atoms with Gasteiger partial charge in [0.2, 0.25) is 0 Å². The maximum atomic E-state index is 8.33. The normalized spacial score (nSPS) is 7.83. The highest BCUT2D eigenvalue weighted by Gasteiger charge is 1.86. The molecule has 0 spiro atoms. The molecule has 0 fully saturated rings. The van der Waals surface area contributed by atoms with Crippen molar-refractivity contribution >= 4 is 47.8 Å². The lowest BCUT2D eigenvalue weighted by Crippen LogP contribution is -1.58. The zero-order valence-corrected chi connectivity index (χ0v) is 7.34. The van der Waals surface area contributed by atoms with Crippen molar-refractivity contribution in [1.29, 1.82) is 0 Å². The molecule has 0 atom stereocenters. The van der Waals surface area contributed by atoms with E-state index >= 15 is 0 Å². The molecule has 0 aromatic carbocycles. The van der Waals surface area contributed by atoms with E-state index in [-0.39, 0.29) is 4.67 Å². The van der Waals surface area contributed by atoms with E-state index in [9.17, 15) is 0 Å². The van der Waals surface area contributed by atoms with Crippen LogP contribution in [0.25, 0.3) is 0 Å². The summed E-state index contributed by atoms with van der Waals surface area (Å²) in [5.41, 5.74) is 0. The predicted molar refractivity (Wildman–Crippen MR) is 36.4 cm³/mol. The van der Waals surface area contributed by atoms with Crippen molar-refractivity contribution < 1.29 is 5.11 Å². The zero-order valence-electron chi connectivity index (χ0n) is 2.58. The SMILES string of the molecule is OC(Br)=C(Br)Br. The Kier molecular flexibility index (Phi) is 3.54. The lowest BCUT2D eigenvalue weighted by molar-refractivity contribution is 0.461. The van der Waals surface area contributed by atoms with Crippen LogP contribution in [0, 0.1) is 0 Å². The van der Waals surface area contributed by atoms with E-state index in [0.29, 0.717) is 3.39 Å². The van der Waals surface area contributed by atoms with Crippen molar-refractivity contribution in [2.75, 3.05) is 0 Å². The van der Waals surface area contributed by atoms with E-state index in [0.717, 1.165) is 0 Å². The smallest absolute Gasteiger partial charge is 0.180 e. The second kappa shape index (κ2) is 3.04. The average molecular weight is 281 g/mol. The summed E-state index contributed by atoms with van der Waals surface area (Å²) >= 11 is 8.66. The van der Waals surface area contributed by atoms with Crippen LogP contribution in [0.2, 0.25) is 0 Å². The third kappa shape index (κ3) is 3.18. The largest absolute Gasteiger partial charge is 0.501 e. The Bertz CT molecular complexity index is 58.9. The van der Waals surface area contributed by atoms with Gasteiger partial charge >= 0.3 is 0 Å². The van der Waals surface area contributed by atoms with Crippen LogP contribution in [0.15, 0.2) is 8.06 Å². The molecule has 0 unspecified atom stereocenters. The number of rotatable bonds is 0. The van der Waals surface area contributed by atoms with Crippen molar-refractivity contribution in [2.45, 2.75) is 0 Å². The van der Waals surface area contributed by atoms with Crippen LogP contribution in [0.3, 0.4) is 0 Å². The molecule has 0 aliphatic rings. The first-order valence-electron chi connectivity index (χ1n) is 1.04. The summed E-state index contributed by atoms with van der Waals surface area (Å²) in [4.78, 5) is 0. The molecule has 36 valence electrons. The predicted octanol–water partition coefficient (Wildman–Crippen LogP) is 2.86. The third-order valence-corrected chi connectivity index (χ3v) is 2.37. The van der Waals surface area contributed by atoms with Crippen molar-refractivity contribution in [3.63, 3.8) is 0 Å². The minimum absolute atomic E-state index is 0.0718. The van der Waals surface area contributed by atoms with Crippen molar-refractivity contribution in [2.24, 2.45) is 0 Å². The van der Waals surface area contributed by atoms with Crippen LogP contribution in [-0.4, -0.2) is 5.11 Å². The minimum atomic E-state index is 0.0718. The molecule has 0 amide bonds. The topological polar surface area (TPSA) is 20.2 Å². The van der Waals surface area contributed by atoms with Crippen molar-refractivity contribution in [3.05, 3.63) is 8.06 Å². The second-order valence-corrected chi connectivity index (χ2v) is 3.95. The molecule has 4 heteroatoms. The number of aliphatic hydroxyl groups is 1. The van der Waals surface area contributed by atoms with Gasteiger partial charge in [-0.25, -0.2) is 0 Å². The molecule has 0 radical (unpaired) electrons. The highest BCUT2D eigenvalue weighted by molar-refractivity contribution is 9.29. The van der Waals surface area contributed by atoms with E-state index < -0.39 is 0 Å². The number of hydrogen-bond acceptors (Lipinski definition) is 1. The molecule has 0 aromatic rings. The third-order valence-electron chi connectivity index (χ3n) is 0.156. The molecule has 1 nitrogen and oxygen atoms in total. The maximum Gasteiger partial charge on any atom is 0.180 e. The Morgan fingerprint density at radius 2 is 1.33 bits per heavy atom. The van der Waals surface area contributed by atoms with Gasteiger partial charge < -0.3 is 5.11 Å². The lowest BCUT2D eigenvalue weighted by Gasteiger charge is -1.80. The molecular formula is C2HBr3O. The van der Waals surface area contributed by atoms with Gasteiger partial charge in [0.05, 0.1) is 0 Å². The molecule has 1 N–H and O–H groups in total. The number of halogens is 3. The van der Waals surface area contributed by atoms with Gasteiger partial charge in [-0.15, -0.1) is 0 Å². The molecule has 0 saturated heterocycles. The summed E-state index contributed by atoms with van der Waals surface area (Å²) in [5.74, 6) is 0. The van der Waals surface area contributed by atoms with Gasteiger partial charge in [0.25, 0.3) is 0 Å². The summed E-state index contributed by atoms with van der Waals surface area (Å²) < 4.78 is 0.595. The monoisotopic (exact) mass is 278 g/mol. The summed E-state index contributed by atoms with van der Waals surface area (Å²) in [6.07, 6.45) is 0. The van der Waals surface area contributed by atoms with E-state index in [2.05, 4.69) is 47.8 Å². The quantitative estimate of drug-likeness (QED) is 0.677. The maximum absolute atomic E-state index is 8.33. The highest BCUT2D eigenvalue weighted by Crippen LogP contribution is 2.20. The standard InChI is InChI=1S/C2HBr3O/c3-1(4)2(5)6/h6H. The van der Waals surface area contributed by atoms with Crippen molar-refractivity contribution in [1.82, 2.24) is 0 Å². The van der Waals surface area contributed by atoms with Crippen molar-refractivity contribution in [3.8, 4) is 0 Å². The minimum Gasteiger partial charge on any atom is -0.501 e. The Morgan fingerprint density at radius 3 is 1.33 bits per heavy atom. The summed E-state index contributed by atoms with van der Waals surface area (Å²) in [6, 6.07) is 0. The van der Waals surface area contributed by atoms with Gasteiger partial charge in [-0.1, -0.05) is 0 Å². The fourth-order valence-electron chi connectivity index (χ4n) is 0. The van der Waals surface area contributed by atoms with Gasteiger partial charge in [-0.2, -0.15) is 0 Å². The molecule has 0 aromatic heterocycles. The van der Waals surface area contributed by atoms with Gasteiger partial charge in [-0.3, -0.25) is 0 Å². The zero-order chi connectivity index (χ0) is 5.15. The Morgan fingerprint density at radius 1 is 1.17 bits per heavy atom. The van der Waals surface area contributed by atoms with Crippen LogP contribution in [-0.2, 0) is 0 Å². The Labute approximate surface area is 60.8 Å². The molecule has 0 saturated carbocycles. The molecule has 0 aliphatic heterocycles. The molecule has 6 heavy (non-hydrogen) atoms. The van der Waals surface area contributed by atoms with Gasteiger partial charge in [-0.05, 0) is 47.8 Å². The summed E-state index contributed by atoms with van der Waals surface area (Å²) in [5, 5.41) is 8.33. The highest BCUT2D eigenvalue weighted by atomic mass is 79.9. The second-order valence-electron chi connectivity index (χ2n) is 0.551. The van der Waals surface area contributed by atoms with Crippen LogP contribution >= 0.6 is 47.8 Å². The van der Waals surface area contributed by atoms with E-state index in [1.165, 1.54) is 0 Å². The van der Waals surface area contributed by atoms with Gasteiger partial charge in [0, 0.05) is 0 Å². The molecular weight excluding hydrogens is 280 g/mol. The van der Waals surface area contributed by atoms with E-state index in [4.69, 9.17) is 5.11 Å². The van der Waals surface area contributed by atoms with E-state index in [1.54, 1.807) is 0 Å². The average Bonchev–Trinajstić information content (AvgIpc) is 1.36. The van der Waals surface area contributed by atoms with Gasteiger partial charge in [0.15, 0.2) is 4.67 Å². The first-order chi connectivity index (χ1) is 2.64. The van der Waals surface area contributed by atoms with Crippen LogP contribution in [0.4, 0.5) is 0 Å². The van der Waals surface area contributed by atoms with E-state index in [1.807, 2.05) is 0 Å². The summed E-state index contributed by atoms with van der Waals surface area (Å²) in [6.45, 7) is 0. The van der Waals surface area contributed by atoms with Crippen LogP contribution in [0.1, 0.15) is 0 Å². The van der Waals surface area contributed by atoms with Gasteiger partial charge in [0.1, 0.15) is 3.39 Å². The molecule has 0 aliphatic carbocycles. The first kappa shape index (κ1) is 6.98. The van der Waals surface area contributed by atoms with Crippen LogP contribution in [0.5, 0.6) is 0 Å². The Balaban J connectivity index is 3.68. The number of hydrogen-bond donors (Lipinski definition) is 1. The first-order valence-corrected chi connectivity index (χ1v) is 3.42. The summed E-state index contributed by atoms with van der Waals surface area (Å²) in [7, 11) is 0. The number of aliphatic hydroxyl groups excluding tert-OH is 1.